The number of nitrogens with two attached hydrogens (primary N) is 1. The Kier molecular flexibility index (Phi) is 5.51. The number of nitrogens with one attached hydrogen (secondary N) is 1. The second kappa shape index (κ2) is 7.37. The van der Waals surface area contributed by atoms with Crippen molar-refractivity contribution < 1.29 is 4.79 Å². The molecule has 1 atom stereocenters. The molecule has 2 rings (SSSR count). The Hall–Kier alpha value is -1.44. The monoisotopic (exact) mass is 288 g/mol. The highest BCUT2D eigenvalue weighted by molar-refractivity contribution is 7.99. The Morgan fingerprint density at radius 3 is 3.10 bits per heavy atom. The number of rotatable bonds is 3. The Labute approximate surface area is 124 Å². The van der Waals surface area contributed by atoms with Crippen molar-refractivity contribution in [1.29, 1.82) is 0 Å². The molecule has 1 amide bonds. The summed E-state index contributed by atoms with van der Waals surface area (Å²) in [5.41, 5.74) is 8.00. The first-order valence-corrected chi connectivity index (χ1v) is 8.01. The molecular weight excluding hydrogens is 268 g/mol. The van der Waals surface area contributed by atoms with Crippen LogP contribution in [-0.2, 0) is 0 Å². The zero-order valence-corrected chi connectivity index (χ0v) is 12.6. The Morgan fingerprint density at radius 2 is 2.40 bits per heavy atom. The lowest BCUT2D eigenvalue weighted by molar-refractivity contribution is 0.0948. The molecule has 20 heavy (non-hydrogen) atoms. The number of carbonyl (C=O) groups excluding carboxylic acids is 1. The van der Waals surface area contributed by atoms with Crippen molar-refractivity contribution in [1.82, 2.24) is 5.32 Å². The number of hydrogen-bond donors (Lipinski definition) is 2. The third-order valence-electron chi connectivity index (χ3n) is 3.40. The van der Waals surface area contributed by atoms with Crippen LogP contribution < -0.4 is 11.1 Å². The summed E-state index contributed by atoms with van der Waals surface area (Å²) < 4.78 is 0. The predicted octanol–water partition coefficient (Wildman–Crippen LogP) is 1.79. The van der Waals surface area contributed by atoms with E-state index in [1.807, 2.05) is 36.9 Å². The first kappa shape index (κ1) is 15.0. The predicted molar refractivity (Wildman–Crippen MR) is 84.9 cm³/mol. The van der Waals surface area contributed by atoms with Gasteiger partial charge >= 0.3 is 0 Å². The van der Waals surface area contributed by atoms with E-state index < -0.39 is 0 Å². The fourth-order valence-electron chi connectivity index (χ4n) is 2.13. The van der Waals surface area contributed by atoms with Crippen LogP contribution in [0.4, 0.5) is 0 Å². The zero-order chi connectivity index (χ0) is 14.4. The van der Waals surface area contributed by atoms with Crippen LogP contribution >= 0.6 is 11.8 Å². The van der Waals surface area contributed by atoms with E-state index in [0.29, 0.717) is 18.0 Å². The van der Waals surface area contributed by atoms with E-state index in [4.69, 9.17) is 5.73 Å². The molecule has 0 radical (unpaired) electrons. The summed E-state index contributed by atoms with van der Waals surface area (Å²) in [6, 6.07) is 5.62. The minimum atomic E-state index is -0.0160. The van der Waals surface area contributed by atoms with Gasteiger partial charge in [0.25, 0.3) is 5.91 Å². The summed E-state index contributed by atoms with van der Waals surface area (Å²) in [4.78, 5) is 12.1. The van der Waals surface area contributed by atoms with Gasteiger partial charge in [-0.1, -0.05) is 17.9 Å². The molecule has 106 valence electrons. The fraction of sp³-hybridized carbons (Fsp3) is 0.438. The third kappa shape index (κ3) is 4.03. The third-order valence-corrected chi connectivity index (χ3v) is 4.63. The lowest BCUT2D eigenvalue weighted by atomic mass is 10.0. The van der Waals surface area contributed by atoms with E-state index in [2.05, 4.69) is 17.2 Å². The number of aryl methyl sites for hydroxylation is 1. The molecule has 1 aliphatic rings. The van der Waals surface area contributed by atoms with Crippen LogP contribution in [0.5, 0.6) is 0 Å². The summed E-state index contributed by atoms with van der Waals surface area (Å²) >= 11 is 1.96. The molecule has 1 aromatic carbocycles. The van der Waals surface area contributed by atoms with Crippen molar-refractivity contribution in [2.45, 2.75) is 13.3 Å². The molecule has 0 aromatic heterocycles. The van der Waals surface area contributed by atoms with Gasteiger partial charge in [-0.05, 0) is 48.5 Å². The molecule has 3 nitrogen and oxygen atoms in total. The summed E-state index contributed by atoms with van der Waals surface area (Å²) in [7, 11) is 0. The Balaban J connectivity index is 2.01. The molecule has 1 unspecified atom stereocenters. The number of hydrogen-bond acceptors (Lipinski definition) is 3. The smallest absolute Gasteiger partial charge is 0.251 e. The minimum Gasteiger partial charge on any atom is -0.352 e. The van der Waals surface area contributed by atoms with Crippen LogP contribution in [0.25, 0.3) is 0 Å². The van der Waals surface area contributed by atoms with E-state index >= 15 is 0 Å². The molecular formula is C16H20N2OS. The van der Waals surface area contributed by atoms with Crippen LogP contribution in [0.15, 0.2) is 18.2 Å². The quantitative estimate of drug-likeness (QED) is 0.834. The fourth-order valence-corrected chi connectivity index (χ4v) is 3.41. The minimum absolute atomic E-state index is 0.0160. The van der Waals surface area contributed by atoms with Crippen molar-refractivity contribution in [3.63, 3.8) is 0 Å². The highest BCUT2D eigenvalue weighted by Crippen LogP contribution is 2.22. The molecule has 1 saturated heterocycles. The van der Waals surface area contributed by atoms with Gasteiger partial charge in [0.1, 0.15) is 0 Å². The van der Waals surface area contributed by atoms with Crippen LogP contribution in [-0.4, -0.2) is 30.5 Å². The molecule has 0 saturated carbocycles. The van der Waals surface area contributed by atoms with Gasteiger partial charge in [-0.15, -0.1) is 0 Å². The van der Waals surface area contributed by atoms with Gasteiger partial charge in [-0.25, -0.2) is 0 Å². The van der Waals surface area contributed by atoms with Crippen molar-refractivity contribution >= 4 is 17.7 Å². The molecule has 4 heteroatoms. The molecule has 0 bridgehead atoms. The van der Waals surface area contributed by atoms with Gasteiger partial charge in [0.15, 0.2) is 0 Å². The van der Waals surface area contributed by atoms with Crippen molar-refractivity contribution in [3.05, 3.63) is 34.9 Å². The topological polar surface area (TPSA) is 55.1 Å². The van der Waals surface area contributed by atoms with Gasteiger partial charge < -0.3 is 11.1 Å². The SMILES string of the molecule is Cc1ccc(C(=O)NCC2CCSC2)cc1C#CCN. The number of carbonyl (C=O) groups is 1. The average Bonchev–Trinajstić information content (AvgIpc) is 2.97. The highest BCUT2D eigenvalue weighted by atomic mass is 32.2. The maximum atomic E-state index is 12.1. The Morgan fingerprint density at radius 1 is 1.55 bits per heavy atom. The molecule has 0 spiro atoms. The van der Waals surface area contributed by atoms with Gasteiger partial charge in [-0.2, -0.15) is 11.8 Å². The van der Waals surface area contributed by atoms with Gasteiger partial charge in [0.05, 0.1) is 6.54 Å². The maximum absolute atomic E-state index is 12.1. The Bertz CT molecular complexity index is 539. The van der Waals surface area contributed by atoms with Crippen molar-refractivity contribution in [3.8, 4) is 11.8 Å². The average molecular weight is 288 g/mol. The number of benzene rings is 1. The zero-order valence-electron chi connectivity index (χ0n) is 11.7. The number of thioether (sulfide) groups is 1. The first-order chi connectivity index (χ1) is 9.70. The van der Waals surface area contributed by atoms with E-state index in [1.54, 1.807) is 0 Å². The van der Waals surface area contributed by atoms with E-state index in [0.717, 1.165) is 23.4 Å². The molecule has 1 heterocycles. The molecule has 0 aliphatic carbocycles. The molecule has 1 aromatic rings. The largest absolute Gasteiger partial charge is 0.352 e. The molecule has 1 aliphatic heterocycles. The van der Waals surface area contributed by atoms with E-state index in [-0.39, 0.29) is 5.91 Å². The summed E-state index contributed by atoms with van der Waals surface area (Å²) in [5, 5.41) is 3.02. The van der Waals surface area contributed by atoms with E-state index in [9.17, 15) is 4.79 Å². The van der Waals surface area contributed by atoms with E-state index in [1.165, 1.54) is 12.2 Å². The first-order valence-electron chi connectivity index (χ1n) is 6.86. The summed E-state index contributed by atoms with van der Waals surface area (Å²) in [5.74, 6) is 8.81. The van der Waals surface area contributed by atoms with Crippen LogP contribution in [0.2, 0.25) is 0 Å². The van der Waals surface area contributed by atoms with Crippen LogP contribution in [0, 0.1) is 24.7 Å². The highest BCUT2D eigenvalue weighted by Gasteiger charge is 2.16. The lowest BCUT2D eigenvalue weighted by Gasteiger charge is -2.10. The standard InChI is InChI=1S/C16H20N2OS/c1-12-4-5-15(9-14(12)3-2-7-17)16(19)18-10-13-6-8-20-11-13/h4-5,9,13H,6-8,10-11,17H2,1H3,(H,18,19). The molecule has 3 N–H and O–H groups in total. The van der Waals surface area contributed by atoms with Gasteiger partial charge in [0, 0.05) is 17.7 Å². The van der Waals surface area contributed by atoms with Crippen LogP contribution in [0.3, 0.4) is 0 Å². The maximum Gasteiger partial charge on any atom is 0.251 e. The van der Waals surface area contributed by atoms with Gasteiger partial charge in [-0.3, -0.25) is 4.79 Å². The van der Waals surface area contributed by atoms with Gasteiger partial charge in [0.2, 0.25) is 0 Å². The number of amides is 1. The second-order valence-corrected chi connectivity index (χ2v) is 6.13. The second-order valence-electron chi connectivity index (χ2n) is 4.98. The summed E-state index contributed by atoms with van der Waals surface area (Å²) in [6.07, 6.45) is 1.20. The van der Waals surface area contributed by atoms with Crippen LogP contribution in [0.1, 0.15) is 27.9 Å². The molecule has 1 fully saturated rings. The van der Waals surface area contributed by atoms with Crippen molar-refractivity contribution in [2.75, 3.05) is 24.6 Å². The van der Waals surface area contributed by atoms with Crippen molar-refractivity contribution in [2.24, 2.45) is 11.7 Å². The summed E-state index contributed by atoms with van der Waals surface area (Å²) in [6.45, 7) is 3.08. The lowest BCUT2D eigenvalue weighted by Crippen LogP contribution is -2.29. The normalized spacial score (nSPS) is 17.4.